The highest BCUT2D eigenvalue weighted by atomic mass is 16.7. The lowest BCUT2D eigenvalue weighted by Gasteiger charge is -2.20. The van der Waals surface area contributed by atoms with Gasteiger partial charge in [0.2, 0.25) is 0 Å². The number of hydrogen-bond acceptors (Lipinski definition) is 4. The van der Waals surface area contributed by atoms with Gasteiger partial charge in [-0.1, -0.05) is 0 Å². The van der Waals surface area contributed by atoms with Crippen LogP contribution in [0.15, 0.2) is 0 Å². The average molecular weight is 261 g/mol. The van der Waals surface area contributed by atoms with E-state index < -0.39 is 18.6 Å². The van der Waals surface area contributed by atoms with Crippen molar-refractivity contribution in [2.45, 2.75) is 32.7 Å². The molecule has 0 aliphatic heterocycles. The topological polar surface area (TPSA) is 90.9 Å². The highest BCUT2D eigenvalue weighted by Gasteiger charge is 2.03. The molecule has 0 fully saturated rings. The van der Waals surface area contributed by atoms with Crippen LogP contribution in [0.4, 0.5) is 4.79 Å². The first kappa shape index (κ1) is 16.7. The van der Waals surface area contributed by atoms with Crippen molar-refractivity contribution in [3.05, 3.63) is 0 Å². The molecule has 18 heavy (non-hydrogen) atoms. The summed E-state index contributed by atoms with van der Waals surface area (Å²) in [7, 11) is 2.06. The molecule has 0 saturated carbocycles. The van der Waals surface area contributed by atoms with Gasteiger partial charge in [-0.05, 0) is 40.3 Å². The Bertz CT molecular complexity index is 259. The quantitative estimate of drug-likeness (QED) is 0.413. The number of nitrogens with one attached hydrogen (secondary N) is 2. The molecule has 0 aliphatic rings. The van der Waals surface area contributed by atoms with Gasteiger partial charge in [0.1, 0.15) is 0 Å². The molecule has 0 atom stereocenters. The van der Waals surface area contributed by atoms with E-state index in [0.29, 0.717) is 12.6 Å². The van der Waals surface area contributed by atoms with Crippen molar-refractivity contribution in [2.75, 3.05) is 26.7 Å². The van der Waals surface area contributed by atoms with Gasteiger partial charge >= 0.3 is 12.0 Å². The number of aliphatic carboxylic acids is 1. The number of amides is 2. The molecule has 7 heteroatoms. The molecule has 0 aliphatic carbocycles. The standard InChI is InChI=1S/C11H23N3O4/c1-9(2)14(3)7-5-4-6-12-11(17)13-18-8-10(15)16/h9H,4-8H2,1-3H3,(H,15,16)(H2,12,13,17). The van der Waals surface area contributed by atoms with Gasteiger partial charge in [-0.25, -0.2) is 15.1 Å². The van der Waals surface area contributed by atoms with Gasteiger partial charge in [0.25, 0.3) is 0 Å². The second-order valence-corrected chi connectivity index (χ2v) is 4.32. The number of urea groups is 1. The number of carboxylic acids is 1. The lowest BCUT2D eigenvalue weighted by Crippen LogP contribution is -2.37. The van der Waals surface area contributed by atoms with Crippen molar-refractivity contribution < 1.29 is 19.5 Å². The molecule has 0 spiro atoms. The predicted molar refractivity (Wildman–Crippen MR) is 67.1 cm³/mol. The molecule has 0 heterocycles. The van der Waals surface area contributed by atoms with Crippen LogP contribution in [-0.2, 0) is 9.63 Å². The molecule has 7 nitrogen and oxygen atoms in total. The van der Waals surface area contributed by atoms with Gasteiger partial charge < -0.3 is 15.3 Å². The zero-order chi connectivity index (χ0) is 14.0. The number of nitrogens with zero attached hydrogens (tertiary/aromatic N) is 1. The normalized spacial score (nSPS) is 10.7. The molecule has 106 valence electrons. The third kappa shape index (κ3) is 9.86. The molecule has 0 aromatic carbocycles. The lowest BCUT2D eigenvalue weighted by atomic mass is 10.2. The molecule has 0 aromatic heterocycles. The lowest BCUT2D eigenvalue weighted by molar-refractivity contribution is -0.144. The Hall–Kier alpha value is -1.34. The number of carbonyl (C=O) groups is 2. The van der Waals surface area contributed by atoms with E-state index in [1.54, 1.807) is 0 Å². The zero-order valence-corrected chi connectivity index (χ0v) is 11.2. The smallest absolute Gasteiger partial charge is 0.338 e. The van der Waals surface area contributed by atoms with Crippen LogP contribution in [0.5, 0.6) is 0 Å². The van der Waals surface area contributed by atoms with Crippen molar-refractivity contribution in [1.29, 1.82) is 0 Å². The summed E-state index contributed by atoms with van der Waals surface area (Å²) in [5.41, 5.74) is 1.99. The van der Waals surface area contributed by atoms with E-state index in [2.05, 4.69) is 35.9 Å². The molecular weight excluding hydrogens is 238 g/mol. The molecule has 0 aromatic rings. The SMILES string of the molecule is CC(C)N(C)CCCCNC(=O)NOCC(=O)O. The van der Waals surface area contributed by atoms with Crippen molar-refractivity contribution in [2.24, 2.45) is 0 Å². The molecule has 2 amide bonds. The number of carbonyl (C=O) groups excluding carboxylic acids is 1. The fraction of sp³-hybridized carbons (Fsp3) is 0.818. The number of unbranched alkanes of at least 4 members (excludes halogenated alkanes) is 1. The third-order valence-corrected chi connectivity index (χ3v) is 2.47. The molecule has 0 unspecified atom stereocenters. The number of rotatable bonds is 9. The van der Waals surface area contributed by atoms with Gasteiger partial charge in [-0.15, -0.1) is 0 Å². The van der Waals surface area contributed by atoms with Crippen LogP contribution < -0.4 is 10.8 Å². The van der Waals surface area contributed by atoms with Crippen molar-refractivity contribution in [3.8, 4) is 0 Å². The van der Waals surface area contributed by atoms with E-state index in [1.165, 1.54) is 0 Å². The Morgan fingerprint density at radius 3 is 2.56 bits per heavy atom. The van der Waals surface area contributed by atoms with Gasteiger partial charge in [0, 0.05) is 12.6 Å². The largest absolute Gasteiger partial charge is 0.479 e. The van der Waals surface area contributed by atoms with Gasteiger partial charge in [-0.3, -0.25) is 4.84 Å². The number of hydrogen-bond donors (Lipinski definition) is 3. The minimum atomic E-state index is -1.13. The van der Waals surface area contributed by atoms with E-state index in [-0.39, 0.29) is 0 Å². The summed E-state index contributed by atoms with van der Waals surface area (Å²) in [5, 5.41) is 10.8. The first-order valence-electron chi connectivity index (χ1n) is 6.01. The molecule has 0 saturated heterocycles. The molecule has 3 N–H and O–H groups in total. The maximum Gasteiger partial charge on any atom is 0.338 e. The zero-order valence-electron chi connectivity index (χ0n) is 11.2. The first-order chi connectivity index (χ1) is 8.43. The van der Waals surface area contributed by atoms with E-state index in [4.69, 9.17) is 5.11 Å². The van der Waals surface area contributed by atoms with Crippen LogP contribution in [0.1, 0.15) is 26.7 Å². The van der Waals surface area contributed by atoms with Crippen LogP contribution in [0, 0.1) is 0 Å². The van der Waals surface area contributed by atoms with Crippen LogP contribution in [-0.4, -0.2) is 54.8 Å². The second-order valence-electron chi connectivity index (χ2n) is 4.32. The minimum absolute atomic E-state index is 0.519. The van der Waals surface area contributed by atoms with E-state index in [0.717, 1.165) is 19.4 Å². The Labute approximate surface area is 107 Å². The molecule has 0 bridgehead atoms. The molecule has 0 rings (SSSR count). The van der Waals surface area contributed by atoms with E-state index >= 15 is 0 Å². The average Bonchev–Trinajstić information content (AvgIpc) is 2.27. The molecule has 0 radical (unpaired) electrons. The summed E-state index contributed by atoms with van der Waals surface area (Å²) in [6, 6.07) is -0.000796. The van der Waals surface area contributed by atoms with Gasteiger partial charge in [0.05, 0.1) is 0 Å². The molecular formula is C11H23N3O4. The minimum Gasteiger partial charge on any atom is -0.479 e. The maximum atomic E-state index is 11.1. The fourth-order valence-electron chi connectivity index (χ4n) is 1.15. The highest BCUT2D eigenvalue weighted by Crippen LogP contribution is 1.97. The van der Waals surface area contributed by atoms with E-state index in [9.17, 15) is 9.59 Å². The second kappa shape index (κ2) is 9.67. The number of carboxylic acid groups (broad SMARTS) is 1. The predicted octanol–water partition coefficient (Wildman–Crippen LogP) is 0.422. The van der Waals surface area contributed by atoms with Gasteiger partial charge in [-0.2, -0.15) is 0 Å². The Morgan fingerprint density at radius 1 is 1.33 bits per heavy atom. The Balaban J connectivity index is 3.38. The van der Waals surface area contributed by atoms with Crippen LogP contribution in [0.2, 0.25) is 0 Å². The van der Waals surface area contributed by atoms with Crippen LogP contribution in [0.25, 0.3) is 0 Å². The highest BCUT2D eigenvalue weighted by molar-refractivity contribution is 5.73. The summed E-state index contributed by atoms with van der Waals surface area (Å²) in [4.78, 5) is 27.8. The summed E-state index contributed by atoms with van der Waals surface area (Å²) < 4.78 is 0. The van der Waals surface area contributed by atoms with Crippen LogP contribution in [0.3, 0.4) is 0 Å². The van der Waals surface area contributed by atoms with Crippen molar-refractivity contribution >= 4 is 12.0 Å². The fourth-order valence-corrected chi connectivity index (χ4v) is 1.15. The van der Waals surface area contributed by atoms with E-state index in [1.807, 2.05) is 5.48 Å². The summed E-state index contributed by atoms with van der Waals surface area (Å²) in [6.45, 7) is 5.23. The first-order valence-corrected chi connectivity index (χ1v) is 6.01. The summed E-state index contributed by atoms with van der Waals surface area (Å²) in [6.07, 6.45) is 1.86. The van der Waals surface area contributed by atoms with Crippen molar-refractivity contribution in [1.82, 2.24) is 15.7 Å². The Morgan fingerprint density at radius 2 is 2.00 bits per heavy atom. The third-order valence-electron chi connectivity index (χ3n) is 2.47. The van der Waals surface area contributed by atoms with Crippen LogP contribution >= 0.6 is 0 Å². The van der Waals surface area contributed by atoms with Crippen molar-refractivity contribution in [3.63, 3.8) is 0 Å². The number of hydroxylamine groups is 1. The summed E-state index contributed by atoms with van der Waals surface area (Å²) >= 11 is 0. The maximum absolute atomic E-state index is 11.1. The Kier molecular flexibility index (Phi) is 8.95. The monoisotopic (exact) mass is 261 g/mol. The van der Waals surface area contributed by atoms with Gasteiger partial charge in [0.15, 0.2) is 6.61 Å². The summed E-state index contributed by atoms with van der Waals surface area (Å²) in [5.74, 6) is -1.13.